The van der Waals surface area contributed by atoms with Gasteiger partial charge in [-0.3, -0.25) is 14.4 Å². The Morgan fingerprint density at radius 3 is 2.32 bits per heavy atom. The molecule has 0 bridgehead atoms. The van der Waals surface area contributed by atoms with Gasteiger partial charge in [0.15, 0.2) is 0 Å². The maximum absolute atomic E-state index is 12.8. The molecule has 166 valence electrons. The van der Waals surface area contributed by atoms with Gasteiger partial charge < -0.3 is 16.0 Å². The predicted octanol–water partition coefficient (Wildman–Crippen LogP) is 4.40. The van der Waals surface area contributed by atoms with Crippen molar-refractivity contribution in [3.05, 3.63) is 64.7 Å². The molecule has 3 N–H and O–H groups in total. The molecule has 3 amide bonds. The second-order valence-corrected chi connectivity index (χ2v) is 8.65. The van der Waals surface area contributed by atoms with E-state index in [0.717, 1.165) is 5.56 Å². The van der Waals surface area contributed by atoms with Gasteiger partial charge in [0.25, 0.3) is 5.91 Å². The van der Waals surface area contributed by atoms with Gasteiger partial charge in [-0.25, -0.2) is 0 Å². The molecule has 0 saturated heterocycles. The van der Waals surface area contributed by atoms with Crippen molar-refractivity contribution in [2.75, 3.05) is 5.32 Å². The summed E-state index contributed by atoms with van der Waals surface area (Å²) >= 11 is 6.09. The van der Waals surface area contributed by atoms with Crippen molar-refractivity contribution in [3.63, 3.8) is 0 Å². The molecule has 0 aliphatic carbocycles. The molecule has 1 atom stereocenters. The van der Waals surface area contributed by atoms with Crippen molar-refractivity contribution >= 4 is 35.0 Å². The van der Waals surface area contributed by atoms with Crippen LogP contribution in [0.15, 0.2) is 48.5 Å². The Balaban J connectivity index is 1.99. The number of hydrogen-bond acceptors (Lipinski definition) is 3. The number of rotatable bonds is 9. The van der Waals surface area contributed by atoms with Crippen molar-refractivity contribution in [2.24, 2.45) is 11.8 Å². The summed E-state index contributed by atoms with van der Waals surface area (Å²) in [5, 5.41) is 8.84. The Morgan fingerprint density at radius 1 is 0.968 bits per heavy atom. The summed E-state index contributed by atoms with van der Waals surface area (Å²) in [6.07, 6.45) is 0.447. The zero-order valence-electron chi connectivity index (χ0n) is 18.4. The average Bonchev–Trinajstić information content (AvgIpc) is 2.69. The minimum atomic E-state index is -0.710. The number of anilines is 1. The number of carbonyl (C=O) groups excluding carboxylic acids is 3. The van der Waals surface area contributed by atoms with Crippen LogP contribution in [0.4, 0.5) is 5.69 Å². The van der Waals surface area contributed by atoms with Gasteiger partial charge in [0.2, 0.25) is 11.8 Å². The number of amides is 3. The first-order valence-electron chi connectivity index (χ1n) is 10.4. The van der Waals surface area contributed by atoms with E-state index in [-0.39, 0.29) is 30.2 Å². The van der Waals surface area contributed by atoms with Crippen LogP contribution >= 0.6 is 11.6 Å². The molecule has 0 saturated carbocycles. The summed E-state index contributed by atoms with van der Waals surface area (Å²) in [4.78, 5) is 37.3. The zero-order chi connectivity index (χ0) is 23.0. The monoisotopic (exact) mass is 443 g/mol. The van der Waals surface area contributed by atoms with Gasteiger partial charge in [-0.05, 0) is 41.7 Å². The van der Waals surface area contributed by atoms with Gasteiger partial charge in [0.05, 0.1) is 10.6 Å². The summed E-state index contributed by atoms with van der Waals surface area (Å²) in [6, 6.07) is 13.3. The van der Waals surface area contributed by atoms with E-state index in [2.05, 4.69) is 16.0 Å². The molecule has 1 unspecified atom stereocenters. The number of halogens is 1. The van der Waals surface area contributed by atoms with Crippen molar-refractivity contribution in [2.45, 2.75) is 46.7 Å². The fourth-order valence-electron chi connectivity index (χ4n) is 3.04. The van der Waals surface area contributed by atoms with Crippen LogP contribution in [0.2, 0.25) is 5.02 Å². The molecule has 7 heteroatoms. The van der Waals surface area contributed by atoms with E-state index in [1.807, 2.05) is 52.0 Å². The van der Waals surface area contributed by atoms with Crippen molar-refractivity contribution in [3.8, 4) is 0 Å². The maximum atomic E-state index is 12.8. The van der Waals surface area contributed by atoms with Gasteiger partial charge in [-0.1, -0.05) is 63.6 Å². The molecule has 0 aliphatic heterocycles. The minimum absolute atomic E-state index is 0.0432. The van der Waals surface area contributed by atoms with Crippen LogP contribution in [0.3, 0.4) is 0 Å². The molecule has 0 fully saturated rings. The number of carbonyl (C=O) groups is 3. The standard InChI is InChI=1S/C24H30ClN3O3/c1-15(2)12-21(29)27-18-9-7-8-17(13-18)14-26-24(31)22(16(3)4)28-23(30)19-10-5-6-11-20(19)25/h5-11,13,15-16,22H,12,14H2,1-4H3,(H,26,31)(H,27,29)(H,28,30). The summed E-state index contributed by atoms with van der Waals surface area (Å²) in [5.74, 6) is -0.568. The third-order valence-electron chi connectivity index (χ3n) is 4.63. The van der Waals surface area contributed by atoms with Gasteiger partial charge in [-0.2, -0.15) is 0 Å². The lowest BCUT2D eigenvalue weighted by molar-refractivity contribution is -0.124. The molecule has 0 spiro atoms. The normalized spacial score (nSPS) is 11.8. The summed E-state index contributed by atoms with van der Waals surface area (Å²) < 4.78 is 0. The highest BCUT2D eigenvalue weighted by Gasteiger charge is 2.25. The van der Waals surface area contributed by atoms with Gasteiger partial charge in [0, 0.05) is 18.7 Å². The SMILES string of the molecule is CC(C)CC(=O)Nc1cccc(CNC(=O)C(NC(=O)c2ccccc2Cl)C(C)C)c1. The van der Waals surface area contributed by atoms with Crippen molar-refractivity contribution in [1.82, 2.24) is 10.6 Å². The highest BCUT2D eigenvalue weighted by Crippen LogP contribution is 2.16. The first-order valence-corrected chi connectivity index (χ1v) is 10.8. The second-order valence-electron chi connectivity index (χ2n) is 8.24. The number of benzene rings is 2. The predicted molar refractivity (Wildman–Crippen MR) is 124 cm³/mol. The smallest absolute Gasteiger partial charge is 0.253 e. The van der Waals surface area contributed by atoms with Crippen LogP contribution in [0.25, 0.3) is 0 Å². The van der Waals surface area contributed by atoms with Crippen LogP contribution in [-0.4, -0.2) is 23.8 Å². The van der Waals surface area contributed by atoms with Gasteiger partial charge >= 0.3 is 0 Å². The molecule has 6 nitrogen and oxygen atoms in total. The van der Waals surface area contributed by atoms with Gasteiger partial charge in [-0.15, -0.1) is 0 Å². The average molecular weight is 444 g/mol. The Hall–Kier alpha value is -2.86. The van der Waals surface area contributed by atoms with Gasteiger partial charge in [0.1, 0.15) is 6.04 Å². The minimum Gasteiger partial charge on any atom is -0.350 e. The third-order valence-corrected chi connectivity index (χ3v) is 4.95. The van der Waals surface area contributed by atoms with E-state index in [4.69, 9.17) is 11.6 Å². The lowest BCUT2D eigenvalue weighted by atomic mass is 10.0. The molecular weight excluding hydrogens is 414 g/mol. The van der Waals surface area contributed by atoms with E-state index in [1.54, 1.807) is 24.3 Å². The van der Waals surface area contributed by atoms with E-state index in [1.165, 1.54) is 0 Å². The Labute approximate surface area is 188 Å². The first-order chi connectivity index (χ1) is 14.7. The molecule has 0 radical (unpaired) electrons. The molecule has 2 aromatic carbocycles. The van der Waals surface area contributed by atoms with Crippen molar-refractivity contribution in [1.29, 1.82) is 0 Å². The Kier molecular flexibility index (Phi) is 9.06. The summed E-state index contributed by atoms with van der Waals surface area (Å²) in [6.45, 7) is 7.98. The fourth-order valence-corrected chi connectivity index (χ4v) is 3.26. The summed E-state index contributed by atoms with van der Waals surface area (Å²) in [7, 11) is 0. The largest absolute Gasteiger partial charge is 0.350 e. The van der Waals surface area contributed by atoms with Crippen molar-refractivity contribution < 1.29 is 14.4 Å². The van der Waals surface area contributed by atoms with Crippen LogP contribution in [0.5, 0.6) is 0 Å². The van der Waals surface area contributed by atoms with E-state index >= 15 is 0 Å². The quantitative estimate of drug-likeness (QED) is 0.537. The lowest BCUT2D eigenvalue weighted by Crippen LogP contribution is -2.49. The molecule has 31 heavy (non-hydrogen) atoms. The second kappa shape index (κ2) is 11.5. The van der Waals surface area contributed by atoms with E-state index in [0.29, 0.717) is 22.7 Å². The molecule has 0 heterocycles. The summed E-state index contributed by atoms with van der Waals surface area (Å²) in [5.41, 5.74) is 1.85. The van der Waals surface area contributed by atoms with Crippen LogP contribution in [0.1, 0.15) is 50.0 Å². The van der Waals surface area contributed by atoms with Crippen LogP contribution in [0, 0.1) is 11.8 Å². The molecule has 0 aliphatic rings. The highest BCUT2D eigenvalue weighted by atomic mass is 35.5. The molecule has 0 aromatic heterocycles. The highest BCUT2D eigenvalue weighted by molar-refractivity contribution is 6.33. The number of nitrogens with one attached hydrogen (secondary N) is 3. The Bertz CT molecular complexity index is 928. The molecule has 2 rings (SSSR count). The number of hydrogen-bond donors (Lipinski definition) is 3. The fraction of sp³-hybridized carbons (Fsp3) is 0.375. The molecule has 2 aromatic rings. The lowest BCUT2D eigenvalue weighted by Gasteiger charge is -2.22. The van der Waals surface area contributed by atoms with E-state index in [9.17, 15) is 14.4 Å². The maximum Gasteiger partial charge on any atom is 0.253 e. The first kappa shape index (κ1) is 24.4. The third kappa shape index (κ3) is 7.72. The van der Waals surface area contributed by atoms with Crippen LogP contribution in [-0.2, 0) is 16.1 Å². The zero-order valence-corrected chi connectivity index (χ0v) is 19.1. The Morgan fingerprint density at radius 2 is 1.68 bits per heavy atom. The topological polar surface area (TPSA) is 87.3 Å². The van der Waals surface area contributed by atoms with E-state index < -0.39 is 11.9 Å². The molecular formula is C24H30ClN3O3. The van der Waals surface area contributed by atoms with Crippen LogP contribution < -0.4 is 16.0 Å².